The van der Waals surface area contributed by atoms with Crippen LogP contribution >= 0.6 is 0 Å². The van der Waals surface area contributed by atoms with E-state index in [0.717, 1.165) is 12.0 Å². The highest BCUT2D eigenvalue weighted by Crippen LogP contribution is 2.19. The minimum absolute atomic E-state index is 0. The fourth-order valence-corrected chi connectivity index (χ4v) is 1.43. The maximum Gasteiger partial charge on any atom is -0.0201 e. The van der Waals surface area contributed by atoms with Crippen molar-refractivity contribution in [3.8, 4) is 0 Å². The lowest BCUT2D eigenvalue weighted by Crippen LogP contribution is -1.89. The first-order valence-corrected chi connectivity index (χ1v) is 5.40. The van der Waals surface area contributed by atoms with E-state index in [1.54, 1.807) is 0 Å². The van der Waals surface area contributed by atoms with Crippen LogP contribution in [0.25, 0.3) is 5.57 Å². The molecular formula is C16H30. The normalized spacial score (nSPS) is 7.81. The molecule has 0 saturated heterocycles. The van der Waals surface area contributed by atoms with Gasteiger partial charge in [-0.3, -0.25) is 0 Å². The van der Waals surface area contributed by atoms with E-state index < -0.39 is 0 Å². The molecule has 1 aromatic carbocycles. The molecule has 0 N–H and O–H groups in total. The van der Waals surface area contributed by atoms with Gasteiger partial charge in [-0.25, -0.2) is 0 Å². The molecule has 0 nitrogen and oxygen atoms in total. The van der Waals surface area contributed by atoms with Crippen molar-refractivity contribution in [2.75, 3.05) is 0 Å². The van der Waals surface area contributed by atoms with Crippen LogP contribution in [0.1, 0.15) is 59.2 Å². The predicted molar refractivity (Wildman–Crippen MR) is 80.1 cm³/mol. The molecular weight excluding hydrogens is 192 g/mol. The molecule has 16 heavy (non-hydrogen) atoms. The van der Waals surface area contributed by atoms with E-state index in [-0.39, 0.29) is 14.9 Å². The maximum absolute atomic E-state index is 3.96. The van der Waals surface area contributed by atoms with E-state index in [1.165, 1.54) is 16.7 Å². The van der Waals surface area contributed by atoms with Crippen LogP contribution in [0, 0.1) is 6.92 Å². The Hall–Kier alpha value is -1.04. The molecule has 0 spiro atoms. The fourth-order valence-electron chi connectivity index (χ4n) is 1.43. The van der Waals surface area contributed by atoms with Crippen molar-refractivity contribution in [1.29, 1.82) is 0 Å². The molecule has 0 aliphatic rings. The second-order valence-corrected chi connectivity index (χ2v) is 3.29. The van der Waals surface area contributed by atoms with Crippen LogP contribution in [-0.2, 0) is 6.42 Å². The Kier molecular flexibility index (Phi) is 13.3. The zero-order valence-electron chi connectivity index (χ0n) is 10.1. The van der Waals surface area contributed by atoms with Gasteiger partial charge in [0.15, 0.2) is 0 Å². The van der Waals surface area contributed by atoms with Crippen LogP contribution in [-0.4, -0.2) is 0 Å². The number of allylic oxidation sites excluding steroid dienone is 1. The van der Waals surface area contributed by atoms with E-state index in [0.29, 0.717) is 0 Å². The van der Waals surface area contributed by atoms with Gasteiger partial charge in [-0.15, -0.1) is 0 Å². The first-order valence-electron chi connectivity index (χ1n) is 5.40. The molecule has 0 radical (unpaired) electrons. The summed E-state index contributed by atoms with van der Waals surface area (Å²) < 4.78 is 0. The van der Waals surface area contributed by atoms with E-state index >= 15 is 0 Å². The highest BCUT2D eigenvalue weighted by molar-refractivity contribution is 5.64. The number of aryl methyl sites for hydroxylation is 2. The highest BCUT2D eigenvalue weighted by atomic mass is 14.0. The molecule has 1 rings (SSSR count). The number of benzene rings is 1. The molecule has 0 atom stereocenters. The molecule has 0 heteroatoms. The summed E-state index contributed by atoms with van der Waals surface area (Å²) in [4.78, 5) is 0. The average molecular weight is 222 g/mol. The van der Waals surface area contributed by atoms with Crippen molar-refractivity contribution in [3.63, 3.8) is 0 Å². The minimum atomic E-state index is 0. The van der Waals surface area contributed by atoms with Gasteiger partial charge in [0.05, 0.1) is 0 Å². The molecule has 0 aliphatic carbocycles. The molecule has 1 aromatic rings. The van der Waals surface area contributed by atoms with Crippen molar-refractivity contribution in [2.24, 2.45) is 0 Å². The fraction of sp³-hybridized carbons (Fsp3) is 0.500. The summed E-state index contributed by atoms with van der Waals surface area (Å²) >= 11 is 0. The summed E-state index contributed by atoms with van der Waals surface area (Å²) in [6.45, 7) is 14.3. The third-order valence-electron chi connectivity index (χ3n) is 2.10. The molecule has 0 heterocycles. The Bertz CT molecular complexity index is 295. The van der Waals surface area contributed by atoms with Gasteiger partial charge in [-0.1, -0.05) is 71.5 Å². The zero-order chi connectivity index (χ0) is 11.1. The molecule has 0 amide bonds. The van der Waals surface area contributed by atoms with Crippen LogP contribution < -0.4 is 0 Å². The quantitative estimate of drug-likeness (QED) is 0.585. The van der Waals surface area contributed by atoms with Gasteiger partial charge >= 0.3 is 0 Å². The summed E-state index contributed by atoms with van der Waals surface area (Å²) in [5, 5.41) is 0. The standard InChI is InChI=1S/C12H16.C2H6.2CH4/c1-5-11-8-10(4)6-7-12(11)9(2)3;1-2;;/h6-8H,2,5H2,1,3-4H3;1-2H3;2*1H4. The SMILES string of the molecule is C.C.C=C(C)c1ccc(C)cc1CC.CC. The number of rotatable bonds is 2. The van der Waals surface area contributed by atoms with Gasteiger partial charge in [0.2, 0.25) is 0 Å². The maximum atomic E-state index is 3.96. The topological polar surface area (TPSA) is 0 Å². The molecule has 0 aliphatic heterocycles. The minimum Gasteiger partial charge on any atom is -0.0955 e. The highest BCUT2D eigenvalue weighted by Gasteiger charge is 2.00. The van der Waals surface area contributed by atoms with Crippen molar-refractivity contribution >= 4 is 5.57 Å². The summed E-state index contributed by atoms with van der Waals surface area (Å²) in [7, 11) is 0. The van der Waals surface area contributed by atoms with E-state index in [4.69, 9.17) is 0 Å². The molecule has 94 valence electrons. The van der Waals surface area contributed by atoms with Gasteiger partial charge in [0.1, 0.15) is 0 Å². The van der Waals surface area contributed by atoms with Gasteiger partial charge in [-0.05, 0) is 31.4 Å². The third kappa shape index (κ3) is 5.75. The van der Waals surface area contributed by atoms with Crippen LogP contribution in [0.3, 0.4) is 0 Å². The Morgan fingerprint density at radius 3 is 2.06 bits per heavy atom. The van der Waals surface area contributed by atoms with E-state index in [1.807, 2.05) is 13.8 Å². The first kappa shape index (κ1) is 20.4. The van der Waals surface area contributed by atoms with E-state index in [9.17, 15) is 0 Å². The zero-order valence-corrected chi connectivity index (χ0v) is 10.1. The van der Waals surface area contributed by atoms with Crippen LogP contribution in [0.2, 0.25) is 0 Å². The van der Waals surface area contributed by atoms with Crippen molar-refractivity contribution in [2.45, 2.75) is 55.9 Å². The largest absolute Gasteiger partial charge is 0.0955 e. The third-order valence-corrected chi connectivity index (χ3v) is 2.10. The van der Waals surface area contributed by atoms with Crippen molar-refractivity contribution in [3.05, 3.63) is 41.5 Å². The Morgan fingerprint density at radius 1 is 1.19 bits per heavy atom. The Morgan fingerprint density at radius 2 is 1.69 bits per heavy atom. The molecule has 0 fully saturated rings. The molecule has 0 saturated carbocycles. The second-order valence-electron chi connectivity index (χ2n) is 3.29. The molecule has 0 aromatic heterocycles. The molecule has 0 unspecified atom stereocenters. The number of hydrogen-bond acceptors (Lipinski definition) is 0. The summed E-state index contributed by atoms with van der Waals surface area (Å²) in [5.41, 5.74) is 5.20. The monoisotopic (exact) mass is 222 g/mol. The lowest BCUT2D eigenvalue weighted by molar-refractivity contribution is 1.12. The van der Waals surface area contributed by atoms with Crippen LogP contribution in [0.15, 0.2) is 24.8 Å². The lowest BCUT2D eigenvalue weighted by atomic mass is 9.98. The van der Waals surface area contributed by atoms with Crippen LogP contribution in [0.4, 0.5) is 0 Å². The van der Waals surface area contributed by atoms with Gasteiger partial charge in [0, 0.05) is 0 Å². The number of hydrogen-bond donors (Lipinski definition) is 0. The van der Waals surface area contributed by atoms with Gasteiger partial charge < -0.3 is 0 Å². The molecule has 0 bridgehead atoms. The average Bonchev–Trinajstić information content (AvgIpc) is 2.20. The Labute approximate surface area is 103 Å². The lowest BCUT2D eigenvalue weighted by Gasteiger charge is -2.07. The van der Waals surface area contributed by atoms with E-state index in [2.05, 4.69) is 45.5 Å². The van der Waals surface area contributed by atoms with Gasteiger partial charge in [0.25, 0.3) is 0 Å². The van der Waals surface area contributed by atoms with Crippen molar-refractivity contribution < 1.29 is 0 Å². The van der Waals surface area contributed by atoms with Crippen LogP contribution in [0.5, 0.6) is 0 Å². The summed E-state index contributed by atoms with van der Waals surface area (Å²) in [6.07, 6.45) is 1.09. The summed E-state index contributed by atoms with van der Waals surface area (Å²) in [6, 6.07) is 6.55. The summed E-state index contributed by atoms with van der Waals surface area (Å²) in [5.74, 6) is 0. The smallest absolute Gasteiger partial charge is 0.0201 e. The van der Waals surface area contributed by atoms with Gasteiger partial charge in [-0.2, -0.15) is 0 Å². The predicted octanol–water partition coefficient (Wildman–Crippen LogP) is 5.89. The first-order chi connectivity index (χ1) is 6.65. The van der Waals surface area contributed by atoms with Crippen molar-refractivity contribution in [1.82, 2.24) is 0 Å². The second kappa shape index (κ2) is 10.5. The Balaban J connectivity index is -0.000000399.